The van der Waals surface area contributed by atoms with Crippen molar-refractivity contribution in [1.82, 2.24) is 0 Å². The van der Waals surface area contributed by atoms with E-state index in [1.165, 1.54) is 4.90 Å². The van der Waals surface area contributed by atoms with Gasteiger partial charge in [0.25, 0.3) is 11.8 Å². The van der Waals surface area contributed by atoms with Crippen LogP contribution in [0.2, 0.25) is 5.02 Å². The minimum atomic E-state index is -0.420. The van der Waals surface area contributed by atoms with E-state index in [0.717, 1.165) is 5.56 Å². The Morgan fingerprint density at radius 1 is 0.900 bits per heavy atom. The number of hydrogen-bond donors (Lipinski definition) is 1. The number of benzene rings is 3. The number of anilines is 2. The summed E-state index contributed by atoms with van der Waals surface area (Å²) in [6.07, 6.45) is 0. The smallest absolute Gasteiger partial charge is 0.282 e. The van der Waals surface area contributed by atoms with Crippen molar-refractivity contribution in [2.24, 2.45) is 0 Å². The quantitative estimate of drug-likeness (QED) is 0.589. The van der Waals surface area contributed by atoms with Gasteiger partial charge in [0.1, 0.15) is 11.4 Å². The first-order chi connectivity index (χ1) is 14.5. The fourth-order valence-corrected chi connectivity index (χ4v) is 3.52. The molecule has 0 saturated carbocycles. The molecule has 4 rings (SSSR count). The summed E-state index contributed by atoms with van der Waals surface area (Å²) in [5.74, 6) is -0.147. The topological polar surface area (TPSA) is 58.6 Å². The van der Waals surface area contributed by atoms with Crippen LogP contribution in [0, 0.1) is 6.92 Å². The Kier molecular flexibility index (Phi) is 5.29. The van der Waals surface area contributed by atoms with Crippen molar-refractivity contribution >= 4 is 40.4 Å². The number of hydrogen-bond acceptors (Lipinski definition) is 4. The molecule has 30 heavy (non-hydrogen) atoms. The highest BCUT2D eigenvalue weighted by atomic mass is 35.5. The molecule has 0 saturated heterocycles. The Bertz CT molecular complexity index is 1150. The van der Waals surface area contributed by atoms with Crippen molar-refractivity contribution in [3.63, 3.8) is 0 Å². The van der Waals surface area contributed by atoms with Gasteiger partial charge in [-0.2, -0.15) is 0 Å². The van der Waals surface area contributed by atoms with E-state index in [9.17, 15) is 9.59 Å². The highest BCUT2D eigenvalue weighted by Gasteiger charge is 2.40. The Labute approximate surface area is 179 Å². The van der Waals surface area contributed by atoms with E-state index in [4.69, 9.17) is 16.3 Å². The van der Waals surface area contributed by atoms with Gasteiger partial charge in [-0.15, -0.1) is 0 Å². The molecule has 2 amide bonds. The minimum Gasteiger partial charge on any atom is -0.497 e. The van der Waals surface area contributed by atoms with Gasteiger partial charge in [-0.25, -0.2) is 4.90 Å². The fourth-order valence-electron chi connectivity index (χ4n) is 3.35. The molecule has 1 aliphatic rings. The lowest BCUT2D eigenvalue weighted by molar-refractivity contribution is -0.120. The second-order valence-corrected chi connectivity index (χ2v) is 7.28. The summed E-state index contributed by atoms with van der Waals surface area (Å²) in [6, 6.07) is 21.3. The van der Waals surface area contributed by atoms with Gasteiger partial charge in [0.15, 0.2) is 0 Å². The zero-order chi connectivity index (χ0) is 21.3. The van der Waals surface area contributed by atoms with Crippen LogP contribution in [0.5, 0.6) is 5.75 Å². The molecule has 5 nitrogen and oxygen atoms in total. The zero-order valence-corrected chi connectivity index (χ0v) is 17.2. The first-order valence-corrected chi connectivity index (χ1v) is 9.73. The molecule has 0 radical (unpaired) electrons. The number of ether oxygens (including phenoxy) is 1. The molecule has 150 valence electrons. The van der Waals surface area contributed by atoms with Crippen molar-refractivity contribution in [2.45, 2.75) is 6.92 Å². The molecule has 0 atom stereocenters. The summed E-state index contributed by atoms with van der Waals surface area (Å²) < 4.78 is 5.21. The highest BCUT2D eigenvalue weighted by molar-refractivity contribution is 6.46. The summed E-state index contributed by atoms with van der Waals surface area (Å²) in [4.78, 5) is 27.9. The highest BCUT2D eigenvalue weighted by Crippen LogP contribution is 2.35. The van der Waals surface area contributed by atoms with E-state index in [-0.39, 0.29) is 5.70 Å². The average Bonchev–Trinajstić information content (AvgIpc) is 3.01. The van der Waals surface area contributed by atoms with Crippen molar-refractivity contribution in [1.29, 1.82) is 0 Å². The van der Waals surface area contributed by atoms with Crippen LogP contribution < -0.4 is 15.0 Å². The predicted molar refractivity (Wildman–Crippen MR) is 119 cm³/mol. The standard InChI is InChI=1S/C24H19ClN2O3/c1-15-8-11-17(25)14-20(15)26-22-21(16-9-12-19(30-2)13-10-16)23(28)27(24(22)29)18-6-4-3-5-7-18/h3-14,26H,1-2H3. The predicted octanol–water partition coefficient (Wildman–Crippen LogP) is 5.05. The van der Waals surface area contributed by atoms with Crippen LogP contribution in [-0.2, 0) is 9.59 Å². The normalized spacial score (nSPS) is 13.8. The number of amides is 2. The van der Waals surface area contributed by atoms with Crippen molar-refractivity contribution < 1.29 is 14.3 Å². The number of rotatable bonds is 5. The van der Waals surface area contributed by atoms with Gasteiger partial charge in [-0.1, -0.05) is 48.0 Å². The average molecular weight is 419 g/mol. The van der Waals surface area contributed by atoms with E-state index >= 15 is 0 Å². The van der Waals surface area contributed by atoms with Crippen LogP contribution in [0.3, 0.4) is 0 Å². The third-order valence-corrected chi connectivity index (χ3v) is 5.17. The maximum absolute atomic E-state index is 13.4. The lowest BCUT2D eigenvalue weighted by atomic mass is 10.0. The molecule has 0 fully saturated rings. The second-order valence-electron chi connectivity index (χ2n) is 6.84. The molecule has 0 aliphatic carbocycles. The summed E-state index contributed by atoms with van der Waals surface area (Å²) in [7, 11) is 1.57. The van der Waals surface area contributed by atoms with Crippen LogP contribution in [0.1, 0.15) is 11.1 Å². The van der Waals surface area contributed by atoms with E-state index in [0.29, 0.717) is 33.3 Å². The number of halogens is 1. The lowest BCUT2D eigenvalue weighted by Crippen LogP contribution is -2.32. The number of carbonyl (C=O) groups excluding carboxylic acids is 2. The van der Waals surface area contributed by atoms with E-state index in [2.05, 4.69) is 5.32 Å². The SMILES string of the molecule is COc1ccc(C2=C(Nc3cc(Cl)ccc3C)C(=O)N(c3ccccc3)C2=O)cc1. The third-order valence-electron chi connectivity index (χ3n) is 4.94. The fraction of sp³-hybridized carbons (Fsp3) is 0.0833. The Morgan fingerprint density at radius 3 is 2.27 bits per heavy atom. The Hall–Kier alpha value is -3.57. The van der Waals surface area contributed by atoms with Gasteiger partial charge < -0.3 is 10.1 Å². The second kappa shape index (κ2) is 8.05. The van der Waals surface area contributed by atoms with Gasteiger partial charge in [0.05, 0.1) is 18.4 Å². The molecular formula is C24H19ClN2O3. The van der Waals surface area contributed by atoms with Crippen molar-refractivity contribution in [2.75, 3.05) is 17.3 Å². The Balaban J connectivity index is 1.84. The first kappa shape index (κ1) is 19.7. The molecule has 6 heteroatoms. The van der Waals surface area contributed by atoms with Crippen LogP contribution in [-0.4, -0.2) is 18.9 Å². The first-order valence-electron chi connectivity index (χ1n) is 9.35. The maximum atomic E-state index is 13.4. The van der Waals surface area contributed by atoms with Gasteiger partial charge >= 0.3 is 0 Å². The largest absolute Gasteiger partial charge is 0.497 e. The number of carbonyl (C=O) groups is 2. The number of para-hydroxylation sites is 1. The van der Waals surface area contributed by atoms with Gasteiger partial charge in [0, 0.05) is 10.7 Å². The van der Waals surface area contributed by atoms with E-state index < -0.39 is 11.8 Å². The minimum absolute atomic E-state index is 0.208. The van der Waals surface area contributed by atoms with Crippen molar-refractivity contribution in [3.05, 3.63) is 94.6 Å². The lowest BCUT2D eigenvalue weighted by Gasteiger charge is -2.15. The molecule has 0 spiro atoms. The van der Waals surface area contributed by atoms with Gasteiger partial charge in [-0.05, 0) is 54.4 Å². The van der Waals surface area contributed by atoms with Gasteiger partial charge in [0.2, 0.25) is 0 Å². The molecule has 3 aromatic rings. The molecular weight excluding hydrogens is 400 g/mol. The molecule has 0 unspecified atom stereocenters. The summed E-state index contributed by atoms with van der Waals surface area (Å²) in [5, 5.41) is 3.69. The summed E-state index contributed by atoms with van der Waals surface area (Å²) in [5.41, 5.74) is 3.21. The molecule has 1 heterocycles. The zero-order valence-electron chi connectivity index (χ0n) is 16.5. The number of methoxy groups -OCH3 is 1. The third kappa shape index (κ3) is 3.55. The summed E-state index contributed by atoms with van der Waals surface area (Å²) >= 11 is 6.15. The van der Waals surface area contributed by atoms with Gasteiger partial charge in [-0.3, -0.25) is 9.59 Å². The number of nitrogens with one attached hydrogen (secondary N) is 1. The number of aryl methyl sites for hydroxylation is 1. The van der Waals surface area contributed by atoms with Crippen LogP contribution in [0.15, 0.2) is 78.5 Å². The van der Waals surface area contributed by atoms with E-state index in [1.54, 1.807) is 67.8 Å². The molecule has 3 aromatic carbocycles. The van der Waals surface area contributed by atoms with Crippen LogP contribution in [0.25, 0.3) is 5.57 Å². The number of nitrogens with zero attached hydrogens (tertiary/aromatic N) is 1. The van der Waals surface area contributed by atoms with E-state index in [1.807, 2.05) is 19.1 Å². The summed E-state index contributed by atoms with van der Waals surface area (Å²) in [6.45, 7) is 1.91. The molecule has 1 aliphatic heterocycles. The molecule has 1 N–H and O–H groups in total. The van der Waals surface area contributed by atoms with Crippen LogP contribution >= 0.6 is 11.6 Å². The maximum Gasteiger partial charge on any atom is 0.282 e. The molecule has 0 bridgehead atoms. The Morgan fingerprint density at radius 2 is 1.60 bits per heavy atom. The van der Waals surface area contributed by atoms with Crippen LogP contribution in [0.4, 0.5) is 11.4 Å². The van der Waals surface area contributed by atoms with Crippen molar-refractivity contribution in [3.8, 4) is 5.75 Å². The monoisotopic (exact) mass is 418 g/mol. The molecule has 0 aromatic heterocycles. The number of imide groups is 1.